The number of hydrogen-bond donors (Lipinski definition) is 2. The fraction of sp³-hybridized carbons (Fsp3) is 0.412. The van der Waals surface area contributed by atoms with Crippen molar-refractivity contribution in [2.45, 2.75) is 31.9 Å². The number of benzene rings is 1. The first-order valence-electron chi connectivity index (χ1n) is 7.91. The van der Waals surface area contributed by atoms with Crippen LogP contribution < -0.4 is 10.6 Å². The lowest BCUT2D eigenvalue weighted by atomic mass is 9.95. The van der Waals surface area contributed by atoms with Crippen molar-refractivity contribution in [2.24, 2.45) is 0 Å². The van der Waals surface area contributed by atoms with E-state index in [1.54, 1.807) is 11.3 Å². The fourth-order valence-corrected chi connectivity index (χ4v) is 3.45. The second-order valence-electron chi connectivity index (χ2n) is 5.61. The van der Waals surface area contributed by atoms with Crippen LogP contribution >= 0.6 is 11.3 Å². The highest BCUT2D eigenvalue weighted by molar-refractivity contribution is 7.09. The Bertz CT molecular complexity index is 624. The van der Waals surface area contributed by atoms with E-state index in [-0.39, 0.29) is 6.61 Å². The van der Waals surface area contributed by atoms with Gasteiger partial charge in [0, 0.05) is 11.3 Å². The van der Waals surface area contributed by atoms with Crippen molar-refractivity contribution < 1.29 is 9.53 Å². The summed E-state index contributed by atoms with van der Waals surface area (Å²) in [5, 5.41) is 9.16. The third-order valence-corrected chi connectivity index (χ3v) is 4.79. The first kappa shape index (κ1) is 16.0. The van der Waals surface area contributed by atoms with Crippen LogP contribution in [-0.4, -0.2) is 24.2 Å². The minimum atomic E-state index is -0.410. The molecule has 1 saturated heterocycles. The van der Waals surface area contributed by atoms with E-state index in [2.05, 4.69) is 21.0 Å². The molecular formula is C17H21N3O2S. The van der Waals surface area contributed by atoms with Crippen LogP contribution in [0.1, 0.15) is 35.0 Å². The summed E-state index contributed by atoms with van der Waals surface area (Å²) in [4.78, 5) is 16.4. The highest BCUT2D eigenvalue weighted by atomic mass is 32.1. The molecule has 122 valence electrons. The van der Waals surface area contributed by atoms with Crippen molar-refractivity contribution in [1.29, 1.82) is 0 Å². The molecule has 2 N–H and O–H groups in total. The summed E-state index contributed by atoms with van der Waals surface area (Å²) in [5.41, 5.74) is 2.14. The molecule has 6 heteroatoms. The number of amides is 1. The van der Waals surface area contributed by atoms with Crippen molar-refractivity contribution in [3.8, 4) is 0 Å². The number of aromatic nitrogens is 1. The van der Waals surface area contributed by atoms with Crippen LogP contribution in [-0.2, 0) is 17.9 Å². The standard InChI is InChI=1S/C17H21N3O2S/c21-17(22-11-13-4-2-1-3-5-13)19-10-16-20-15(12-23-16)14-6-8-18-9-7-14/h1-5,12,14,18H,6-11H2,(H,19,21). The predicted octanol–water partition coefficient (Wildman–Crippen LogP) is 3.04. The summed E-state index contributed by atoms with van der Waals surface area (Å²) in [6, 6.07) is 9.65. The van der Waals surface area contributed by atoms with Crippen molar-refractivity contribution in [3.63, 3.8) is 0 Å². The van der Waals surface area contributed by atoms with Crippen LogP contribution in [0.15, 0.2) is 35.7 Å². The lowest BCUT2D eigenvalue weighted by molar-refractivity contribution is 0.139. The molecule has 1 aromatic heterocycles. The third kappa shape index (κ3) is 4.77. The van der Waals surface area contributed by atoms with Crippen LogP contribution in [0.25, 0.3) is 0 Å². The van der Waals surface area contributed by atoms with Gasteiger partial charge < -0.3 is 15.4 Å². The van der Waals surface area contributed by atoms with E-state index in [9.17, 15) is 4.79 Å². The molecule has 1 amide bonds. The molecule has 0 atom stereocenters. The second-order valence-corrected chi connectivity index (χ2v) is 6.55. The average molecular weight is 331 g/mol. The number of nitrogens with zero attached hydrogens (tertiary/aromatic N) is 1. The van der Waals surface area contributed by atoms with Gasteiger partial charge in [-0.05, 0) is 31.5 Å². The molecule has 5 nitrogen and oxygen atoms in total. The molecule has 0 bridgehead atoms. The van der Waals surface area contributed by atoms with E-state index in [0.717, 1.165) is 42.2 Å². The Morgan fingerprint density at radius 2 is 2.09 bits per heavy atom. The van der Waals surface area contributed by atoms with Gasteiger partial charge >= 0.3 is 6.09 Å². The van der Waals surface area contributed by atoms with Gasteiger partial charge in [0.25, 0.3) is 0 Å². The van der Waals surface area contributed by atoms with E-state index >= 15 is 0 Å². The Hall–Kier alpha value is -1.92. The average Bonchev–Trinajstić information content (AvgIpc) is 3.09. The minimum absolute atomic E-state index is 0.283. The molecule has 1 fully saturated rings. The maximum absolute atomic E-state index is 11.7. The van der Waals surface area contributed by atoms with Crippen LogP contribution in [0.4, 0.5) is 4.79 Å². The Kier molecular flexibility index (Phi) is 5.60. The Balaban J connectivity index is 1.43. The second kappa shape index (κ2) is 8.08. The predicted molar refractivity (Wildman–Crippen MR) is 90.4 cm³/mol. The summed E-state index contributed by atoms with van der Waals surface area (Å²) in [6.07, 6.45) is 1.86. The van der Waals surface area contributed by atoms with Gasteiger partial charge in [0.05, 0.1) is 12.2 Å². The van der Waals surface area contributed by atoms with Crippen molar-refractivity contribution >= 4 is 17.4 Å². The molecule has 1 aromatic carbocycles. The first-order chi connectivity index (χ1) is 11.3. The Morgan fingerprint density at radius 1 is 1.30 bits per heavy atom. The van der Waals surface area contributed by atoms with Gasteiger partial charge in [-0.1, -0.05) is 30.3 Å². The SMILES string of the molecule is O=C(NCc1nc(C2CCNCC2)cs1)OCc1ccccc1. The quantitative estimate of drug-likeness (QED) is 0.884. The maximum atomic E-state index is 11.7. The molecule has 0 aliphatic carbocycles. The van der Waals surface area contributed by atoms with Gasteiger partial charge in [-0.2, -0.15) is 0 Å². The molecule has 0 radical (unpaired) electrons. The zero-order valence-electron chi connectivity index (χ0n) is 13.0. The van der Waals surface area contributed by atoms with Crippen LogP contribution in [0.5, 0.6) is 0 Å². The van der Waals surface area contributed by atoms with Gasteiger partial charge in [0.1, 0.15) is 11.6 Å². The van der Waals surface area contributed by atoms with Gasteiger partial charge in [0.15, 0.2) is 0 Å². The Morgan fingerprint density at radius 3 is 2.87 bits per heavy atom. The third-order valence-electron chi connectivity index (χ3n) is 3.92. The van der Waals surface area contributed by atoms with Crippen LogP contribution in [0.3, 0.4) is 0 Å². The largest absolute Gasteiger partial charge is 0.445 e. The molecule has 2 aromatic rings. The van der Waals surface area contributed by atoms with E-state index in [1.807, 2.05) is 30.3 Å². The summed E-state index contributed by atoms with van der Waals surface area (Å²) >= 11 is 1.60. The van der Waals surface area contributed by atoms with E-state index in [1.165, 1.54) is 0 Å². The zero-order valence-corrected chi connectivity index (χ0v) is 13.8. The number of rotatable bonds is 5. The molecule has 2 heterocycles. The number of nitrogens with one attached hydrogen (secondary N) is 2. The fourth-order valence-electron chi connectivity index (χ4n) is 2.63. The lowest BCUT2D eigenvalue weighted by Crippen LogP contribution is -2.27. The summed E-state index contributed by atoms with van der Waals surface area (Å²) in [7, 11) is 0. The smallest absolute Gasteiger partial charge is 0.407 e. The molecule has 0 saturated carbocycles. The molecule has 1 aliphatic rings. The number of carbonyl (C=O) groups excluding carboxylic acids is 1. The topological polar surface area (TPSA) is 63.2 Å². The van der Waals surface area contributed by atoms with Gasteiger partial charge in [-0.3, -0.25) is 0 Å². The van der Waals surface area contributed by atoms with E-state index in [4.69, 9.17) is 4.74 Å². The number of thiazole rings is 1. The molecule has 1 aliphatic heterocycles. The number of carbonyl (C=O) groups is 1. The highest BCUT2D eigenvalue weighted by Gasteiger charge is 2.18. The summed E-state index contributed by atoms with van der Waals surface area (Å²) < 4.78 is 5.19. The van der Waals surface area contributed by atoms with Crippen molar-refractivity contribution in [2.75, 3.05) is 13.1 Å². The van der Waals surface area contributed by atoms with E-state index < -0.39 is 6.09 Å². The maximum Gasteiger partial charge on any atom is 0.407 e. The molecular weight excluding hydrogens is 310 g/mol. The number of hydrogen-bond acceptors (Lipinski definition) is 5. The van der Waals surface area contributed by atoms with Gasteiger partial charge in [-0.25, -0.2) is 9.78 Å². The first-order valence-corrected chi connectivity index (χ1v) is 8.79. The van der Waals surface area contributed by atoms with E-state index in [0.29, 0.717) is 12.5 Å². The number of ether oxygens (including phenoxy) is 1. The number of alkyl carbamates (subject to hydrolysis) is 1. The summed E-state index contributed by atoms with van der Waals surface area (Å²) in [6.45, 7) is 2.82. The van der Waals surface area contributed by atoms with Gasteiger partial charge in [0.2, 0.25) is 0 Å². The molecule has 3 rings (SSSR count). The normalized spacial score (nSPS) is 15.3. The van der Waals surface area contributed by atoms with Gasteiger partial charge in [-0.15, -0.1) is 11.3 Å². The monoisotopic (exact) mass is 331 g/mol. The minimum Gasteiger partial charge on any atom is -0.445 e. The highest BCUT2D eigenvalue weighted by Crippen LogP contribution is 2.26. The summed E-state index contributed by atoms with van der Waals surface area (Å²) in [5.74, 6) is 0.547. The van der Waals surface area contributed by atoms with Crippen molar-refractivity contribution in [1.82, 2.24) is 15.6 Å². The zero-order chi connectivity index (χ0) is 15.9. The molecule has 0 unspecified atom stereocenters. The Labute approximate surface area is 140 Å². The van der Waals surface area contributed by atoms with Crippen LogP contribution in [0, 0.1) is 0 Å². The lowest BCUT2D eigenvalue weighted by Gasteiger charge is -2.20. The number of piperidine rings is 1. The van der Waals surface area contributed by atoms with Crippen LogP contribution in [0.2, 0.25) is 0 Å². The molecule has 0 spiro atoms. The molecule has 23 heavy (non-hydrogen) atoms. The van der Waals surface area contributed by atoms with Crippen molar-refractivity contribution in [3.05, 3.63) is 52.0 Å².